The Morgan fingerprint density at radius 3 is 2.25 bits per heavy atom. The van der Waals surface area contributed by atoms with Crippen molar-refractivity contribution in [3.8, 4) is 0 Å². The van der Waals surface area contributed by atoms with Crippen molar-refractivity contribution in [1.29, 1.82) is 0 Å². The van der Waals surface area contributed by atoms with Crippen LogP contribution in [0.1, 0.15) is 0 Å². The molecule has 0 aliphatic heterocycles. The van der Waals surface area contributed by atoms with Crippen LogP contribution in [-0.2, 0) is 0 Å². The van der Waals surface area contributed by atoms with Gasteiger partial charge < -0.3 is 0 Å². The lowest BCUT2D eigenvalue weighted by molar-refractivity contribution is 1.69. The van der Waals surface area contributed by atoms with Gasteiger partial charge in [-0.15, -0.1) is 0 Å². The molecule has 0 aliphatic rings. The number of hydrogen-bond acceptors (Lipinski definition) is 0. The number of benzene rings is 4. The Morgan fingerprint density at radius 2 is 1.35 bits per heavy atom. The molecule has 0 unspecified atom stereocenters. The molecule has 0 bridgehead atoms. The highest BCUT2D eigenvalue weighted by molar-refractivity contribution is 6.17. The van der Waals surface area contributed by atoms with Crippen LogP contribution in [0.3, 0.4) is 0 Å². The summed E-state index contributed by atoms with van der Waals surface area (Å²) in [4.78, 5) is 0. The molecule has 0 heteroatoms. The molecule has 0 heterocycles. The summed E-state index contributed by atoms with van der Waals surface area (Å²) in [6.45, 7) is 8.19. The van der Waals surface area contributed by atoms with Gasteiger partial charge in [0.05, 0.1) is 0 Å². The Hall–Kier alpha value is -2.60. The molecule has 0 nitrogen and oxygen atoms in total. The second kappa shape index (κ2) is 3.94. The van der Waals surface area contributed by atoms with E-state index in [9.17, 15) is 0 Å². The van der Waals surface area contributed by atoms with E-state index in [0.717, 1.165) is 10.4 Å². The second-order valence-corrected chi connectivity index (χ2v) is 5.30. The molecule has 0 N–H and O–H groups in total. The highest BCUT2D eigenvalue weighted by Gasteiger charge is 2.04. The molecule has 4 aromatic carbocycles. The molecule has 0 fully saturated rings. The molecule has 0 atom stereocenters. The summed E-state index contributed by atoms with van der Waals surface area (Å²) in [5, 5.41) is 9.72. The SMILES string of the molecule is C=c1ccc2c(ccc3c2ccc2cccc(=C)c23)c1. The van der Waals surface area contributed by atoms with Gasteiger partial charge in [0.1, 0.15) is 0 Å². The van der Waals surface area contributed by atoms with Crippen molar-refractivity contribution in [3.63, 3.8) is 0 Å². The van der Waals surface area contributed by atoms with E-state index in [-0.39, 0.29) is 0 Å². The fraction of sp³-hybridized carbons (Fsp3) is 0. The van der Waals surface area contributed by atoms with Gasteiger partial charge in [0.15, 0.2) is 0 Å². The van der Waals surface area contributed by atoms with E-state index >= 15 is 0 Å². The average molecular weight is 254 g/mol. The minimum absolute atomic E-state index is 1.05. The van der Waals surface area contributed by atoms with Crippen LogP contribution in [0.2, 0.25) is 0 Å². The summed E-state index contributed by atoms with van der Waals surface area (Å²) >= 11 is 0. The first-order chi connectivity index (χ1) is 9.74. The maximum absolute atomic E-state index is 4.18. The Morgan fingerprint density at radius 1 is 0.600 bits per heavy atom. The number of rotatable bonds is 0. The van der Waals surface area contributed by atoms with E-state index in [1.165, 1.54) is 32.3 Å². The predicted octanol–water partition coefficient (Wildman–Crippen LogP) is 3.97. The molecule has 0 spiro atoms. The van der Waals surface area contributed by atoms with E-state index in [0.29, 0.717) is 0 Å². The van der Waals surface area contributed by atoms with Crippen LogP contribution in [-0.4, -0.2) is 0 Å². The fourth-order valence-corrected chi connectivity index (χ4v) is 3.06. The highest BCUT2D eigenvalue weighted by Crippen LogP contribution is 2.28. The van der Waals surface area contributed by atoms with Crippen LogP contribution >= 0.6 is 0 Å². The molecule has 4 aromatic rings. The molecule has 0 aromatic heterocycles. The van der Waals surface area contributed by atoms with Crippen molar-refractivity contribution in [2.24, 2.45) is 0 Å². The molecule has 0 radical (unpaired) electrons. The molecule has 94 valence electrons. The van der Waals surface area contributed by atoms with Gasteiger partial charge in [-0.2, -0.15) is 0 Å². The van der Waals surface area contributed by atoms with Crippen molar-refractivity contribution in [3.05, 3.63) is 71.1 Å². The van der Waals surface area contributed by atoms with Crippen molar-refractivity contribution in [2.45, 2.75) is 0 Å². The van der Waals surface area contributed by atoms with Gasteiger partial charge in [0.2, 0.25) is 0 Å². The van der Waals surface area contributed by atoms with Gasteiger partial charge in [-0.3, -0.25) is 0 Å². The van der Waals surface area contributed by atoms with Crippen molar-refractivity contribution in [2.75, 3.05) is 0 Å². The lowest BCUT2D eigenvalue weighted by atomic mass is 9.96. The molecule has 0 saturated carbocycles. The Labute approximate surface area is 117 Å². The van der Waals surface area contributed by atoms with E-state index < -0.39 is 0 Å². The third-order valence-corrected chi connectivity index (χ3v) is 4.01. The monoisotopic (exact) mass is 254 g/mol. The molecule has 20 heavy (non-hydrogen) atoms. The Balaban J connectivity index is 2.34. The zero-order chi connectivity index (χ0) is 13.7. The highest BCUT2D eigenvalue weighted by atomic mass is 14.1. The quantitative estimate of drug-likeness (QED) is 0.417. The predicted molar refractivity (Wildman–Crippen MR) is 89.3 cm³/mol. The van der Waals surface area contributed by atoms with Crippen molar-refractivity contribution < 1.29 is 0 Å². The van der Waals surface area contributed by atoms with Gasteiger partial charge in [0, 0.05) is 0 Å². The molecule has 0 amide bonds. The lowest BCUT2D eigenvalue weighted by Gasteiger charge is -2.08. The van der Waals surface area contributed by atoms with E-state index in [4.69, 9.17) is 0 Å². The third kappa shape index (κ3) is 1.48. The maximum Gasteiger partial charge on any atom is -0.00386 e. The fourth-order valence-electron chi connectivity index (χ4n) is 3.06. The van der Waals surface area contributed by atoms with Gasteiger partial charge >= 0.3 is 0 Å². The molecule has 4 rings (SSSR count). The summed E-state index contributed by atoms with van der Waals surface area (Å²) in [6, 6.07) is 21.4. The Kier molecular flexibility index (Phi) is 2.22. The van der Waals surface area contributed by atoms with Crippen molar-refractivity contribution >= 4 is 45.5 Å². The number of fused-ring (bicyclic) bond motifs is 5. The topological polar surface area (TPSA) is 0 Å². The second-order valence-electron chi connectivity index (χ2n) is 5.30. The third-order valence-electron chi connectivity index (χ3n) is 4.01. The Bertz CT molecular complexity index is 1070. The van der Waals surface area contributed by atoms with E-state index in [1.54, 1.807) is 0 Å². The van der Waals surface area contributed by atoms with E-state index in [2.05, 4.69) is 73.8 Å². The first-order valence-electron chi connectivity index (χ1n) is 6.76. The van der Waals surface area contributed by atoms with Gasteiger partial charge in [-0.05, 0) is 48.8 Å². The summed E-state index contributed by atoms with van der Waals surface area (Å²) in [5.74, 6) is 0. The largest absolute Gasteiger partial charge is 0.0917 e. The smallest absolute Gasteiger partial charge is 0.00386 e. The first kappa shape index (κ1) is 11.2. The lowest BCUT2D eigenvalue weighted by Crippen LogP contribution is -1.99. The van der Waals surface area contributed by atoms with Crippen LogP contribution in [0.4, 0.5) is 0 Å². The van der Waals surface area contributed by atoms with Crippen LogP contribution in [0.5, 0.6) is 0 Å². The van der Waals surface area contributed by atoms with Gasteiger partial charge in [-0.1, -0.05) is 67.8 Å². The zero-order valence-electron chi connectivity index (χ0n) is 11.2. The van der Waals surface area contributed by atoms with Crippen molar-refractivity contribution in [1.82, 2.24) is 0 Å². The first-order valence-corrected chi connectivity index (χ1v) is 6.76. The zero-order valence-corrected chi connectivity index (χ0v) is 11.2. The normalized spacial score (nSPS) is 11.4. The summed E-state index contributed by atoms with van der Waals surface area (Å²) < 4.78 is 0. The van der Waals surface area contributed by atoms with Crippen LogP contribution < -0.4 is 10.4 Å². The average Bonchev–Trinajstić information content (AvgIpc) is 2.46. The minimum atomic E-state index is 1.05. The number of hydrogen-bond donors (Lipinski definition) is 0. The molecular weight excluding hydrogens is 240 g/mol. The van der Waals surface area contributed by atoms with Crippen LogP contribution in [0, 0.1) is 0 Å². The molecule has 0 saturated heterocycles. The maximum atomic E-state index is 4.18. The van der Waals surface area contributed by atoms with Crippen LogP contribution in [0.15, 0.2) is 60.7 Å². The van der Waals surface area contributed by atoms with E-state index in [1.807, 2.05) is 0 Å². The van der Waals surface area contributed by atoms with Gasteiger partial charge in [-0.25, -0.2) is 0 Å². The standard InChI is InChI=1S/C20H14/c1-13-6-9-17-16(12-13)8-11-19-18(17)10-7-15-5-3-4-14(2)20(15)19/h3-12H,1-2H2. The summed E-state index contributed by atoms with van der Waals surface area (Å²) in [6.07, 6.45) is 0. The molecule has 0 aliphatic carbocycles. The summed E-state index contributed by atoms with van der Waals surface area (Å²) in [5.41, 5.74) is 0. The molecular formula is C20H14. The van der Waals surface area contributed by atoms with Gasteiger partial charge in [0.25, 0.3) is 0 Å². The minimum Gasteiger partial charge on any atom is -0.0917 e. The van der Waals surface area contributed by atoms with Crippen LogP contribution in [0.25, 0.3) is 45.5 Å². The summed E-state index contributed by atoms with van der Waals surface area (Å²) in [7, 11) is 0.